The van der Waals surface area contributed by atoms with Crippen LogP contribution in [0.2, 0.25) is 0 Å². The first-order chi connectivity index (χ1) is 14.6. The number of ether oxygens (including phenoxy) is 2. The molecule has 0 fully saturated rings. The topological polar surface area (TPSA) is 64.8 Å². The van der Waals surface area contributed by atoms with Crippen LogP contribution in [0.3, 0.4) is 0 Å². The smallest absolute Gasteiger partial charge is 0.229 e. The summed E-state index contributed by atoms with van der Waals surface area (Å²) in [4.78, 5) is 15.1. The van der Waals surface area contributed by atoms with Crippen LogP contribution in [0.25, 0.3) is 11.3 Å². The number of hydrogen-bond acceptors (Lipinski definition) is 5. The summed E-state index contributed by atoms with van der Waals surface area (Å²) in [5, 5.41) is 4.15. The largest absolute Gasteiger partial charge is 0.497 e. The summed E-state index contributed by atoms with van der Waals surface area (Å²) in [5.41, 5.74) is 3.06. The lowest BCUT2D eigenvalue weighted by Crippen LogP contribution is -2.43. The van der Waals surface area contributed by atoms with Gasteiger partial charge in [0.2, 0.25) is 5.91 Å². The fraction of sp³-hybridized carbons (Fsp3) is 0.304. The summed E-state index contributed by atoms with van der Waals surface area (Å²) in [6.07, 6.45) is 1.19. The molecule has 5 rings (SSSR count). The van der Waals surface area contributed by atoms with Crippen LogP contribution in [0.15, 0.2) is 47.0 Å². The van der Waals surface area contributed by atoms with Gasteiger partial charge in [0.05, 0.1) is 19.6 Å². The number of rotatable bonds is 3. The molecule has 0 radical (unpaired) electrons. The molecule has 3 heterocycles. The molecule has 0 N–H and O–H groups in total. The number of halogens is 1. The Morgan fingerprint density at radius 3 is 3.00 bits per heavy atom. The van der Waals surface area contributed by atoms with E-state index in [1.165, 1.54) is 12.1 Å². The molecule has 154 valence electrons. The molecular weight excluding hydrogens is 387 g/mol. The van der Waals surface area contributed by atoms with Crippen LogP contribution in [0.4, 0.5) is 4.39 Å². The number of amides is 1. The Morgan fingerprint density at radius 2 is 2.17 bits per heavy atom. The first kappa shape index (κ1) is 18.7. The Morgan fingerprint density at radius 1 is 1.27 bits per heavy atom. The third-order valence-corrected chi connectivity index (χ3v) is 5.76. The fourth-order valence-corrected chi connectivity index (χ4v) is 4.17. The van der Waals surface area contributed by atoms with Gasteiger partial charge in [-0.25, -0.2) is 4.39 Å². The number of benzene rings is 2. The van der Waals surface area contributed by atoms with Crippen LogP contribution in [0, 0.1) is 11.7 Å². The second kappa shape index (κ2) is 7.48. The molecule has 1 aromatic heterocycles. The lowest BCUT2D eigenvalue weighted by molar-refractivity contribution is -0.138. The first-order valence-electron chi connectivity index (χ1n) is 9.94. The maximum Gasteiger partial charge on any atom is 0.229 e. The van der Waals surface area contributed by atoms with Crippen LogP contribution < -0.4 is 9.47 Å². The zero-order chi connectivity index (χ0) is 20.7. The molecule has 30 heavy (non-hydrogen) atoms. The third kappa shape index (κ3) is 3.30. The van der Waals surface area contributed by atoms with Crippen molar-refractivity contribution in [3.63, 3.8) is 0 Å². The van der Waals surface area contributed by atoms with Crippen molar-refractivity contribution in [3.05, 3.63) is 65.2 Å². The molecule has 2 aliphatic rings. The summed E-state index contributed by atoms with van der Waals surface area (Å²) in [6, 6.07) is 11.9. The number of methoxy groups -OCH3 is 1. The maximum atomic E-state index is 13.7. The lowest BCUT2D eigenvalue weighted by atomic mass is 9.94. The predicted octanol–water partition coefficient (Wildman–Crippen LogP) is 3.63. The summed E-state index contributed by atoms with van der Waals surface area (Å²) in [5.74, 6) is 1.75. The highest BCUT2D eigenvalue weighted by molar-refractivity contribution is 5.80. The van der Waals surface area contributed by atoms with Gasteiger partial charge < -0.3 is 18.9 Å². The summed E-state index contributed by atoms with van der Waals surface area (Å²) >= 11 is 0. The van der Waals surface area contributed by atoms with Gasteiger partial charge in [-0.15, -0.1) is 0 Å². The van der Waals surface area contributed by atoms with Crippen LogP contribution in [-0.4, -0.2) is 36.2 Å². The van der Waals surface area contributed by atoms with E-state index in [-0.39, 0.29) is 17.6 Å². The highest BCUT2D eigenvalue weighted by atomic mass is 19.1. The van der Waals surface area contributed by atoms with Gasteiger partial charge in [-0.3, -0.25) is 4.79 Å². The molecule has 0 spiro atoms. The Bertz CT molecular complexity index is 1110. The van der Waals surface area contributed by atoms with E-state index in [1.54, 1.807) is 19.2 Å². The minimum Gasteiger partial charge on any atom is -0.497 e. The van der Waals surface area contributed by atoms with Crippen molar-refractivity contribution in [2.24, 2.45) is 5.92 Å². The van der Waals surface area contributed by atoms with E-state index in [2.05, 4.69) is 5.16 Å². The number of nitrogens with zero attached hydrogens (tertiary/aromatic N) is 2. The van der Waals surface area contributed by atoms with Crippen molar-refractivity contribution in [1.29, 1.82) is 0 Å². The SMILES string of the molecule is COc1ccc2c(c1)C[C@@H](C(=O)N1CCc3onc(-c4cccc(F)c4)c3C1)CO2. The molecule has 7 heteroatoms. The number of carbonyl (C=O) groups excluding carboxylic acids is 1. The molecule has 6 nitrogen and oxygen atoms in total. The Kier molecular flexibility index (Phi) is 4.65. The molecule has 0 saturated heterocycles. The number of carbonyl (C=O) groups is 1. The van der Waals surface area contributed by atoms with Crippen molar-refractivity contribution in [1.82, 2.24) is 10.1 Å². The minimum atomic E-state index is -0.332. The third-order valence-electron chi connectivity index (χ3n) is 5.76. The zero-order valence-electron chi connectivity index (χ0n) is 16.6. The van der Waals surface area contributed by atoms with E-state index in [0.717, 1.165) is 28.4 Å². The molecule has 1 atom stereocenters. The molecule has 0 unspecified atom stereocenters. The van der Waals surface area contributed by atoms with Crippen LogP contribution in [0.1, 0.15) is 16.9 Å². The van der Waals surface area contributed by atoms with E-state index in [1.807, 2.05) is 23.1 Å². The van der Waals surface area contributed by atoms with Gasteiger partial charge in [-0.1, -0.05) is 17.3 Å². The zero-order valence-corrected chi connectivity index (χ0v) is 16.6. The standard InChI is InChI=1S/C23H21FN2O4/c1-28-18-5-6-20-15(11-18)9-16(13-29-20)23(27)26-8-7-21-19(12-26)22(25-30-21)14-3-2-4-17(24)10-14/h2-6,10-11,16H,7-9,12-13H2,1H3/t16-/m1/s1. The predicted molar refractivity (Wildman–Crippen MR) is 107 cm³/mol. The van der Waals surface area contributed by atoms with E-state index >= 15 is 0 Å². The average molecular weight is 408 g/mol. The number of hydrogen-bond donors (Lipinski definition) is 0. The summed E-state index contributed by atoms with van der Waals surface area (Å²) in [7, 11) is 1.62. The molecular formula is C23H21FN2O4. The van der Waals surface area contributed by atoms with Crippen LogP contribution in [0.5, 0.6) is 11.5 Å². The summed E-state index contributed by atoms with van der Waals surface area (Å²) < 4.78 is 30.3. The van der Waals surface area contributed by atoms with Crippen molar-refractivity contribution >= 4 is 5.91 Å². The van der Waals surface area contributed by atoms with Crippen molar-refractivity contribution < 1.29 is 23.2 Å². The molecule has 0 bridgehead atoms. The molecule has 2 aliphatic heterocycles. The van der Waals surface area contributed by atoms with Crippen molar-refractivity contribution in [2.45, 2.75) is 19.4 Å². The fourth-order valence-electron chi connectivity index (χ4n) is 4.17. The van der Waals surface area contributed by atoms with Crippen molar-refractivity contribution in [2.75, 3.05) is 20.3 Å². The minimum absolute atomic E-state index is 0.0421. The number of fused-ring (bicyclic) bond motifs is 2. The van der Waals surface area contributed by atoms with Gasteiger partial charge in [-0.2, -0.15) is 0 Å². The molecule has 0 saturated carbocycles. The van der Waals surface area contributed by atoms with Gasteiger partial charge in [-0.05, 0) is 42.3 Å². The molecule has 0 aliphatic carbocycles. The van der Waals surface area contributed by atoms with Crippen LogP contribution >= 0.6 is 0 Å². The normalized spacial score (nSPS) is 17.7. The monoisotopic (exact) mass is 408 g/mol. The quantitative estimate of drug-likeness (QED) is 0.662. The second-order valence-electron chi connectivity index (χ2n) is 7.64. The maximum absolute atomic E-state index is 13.7. The average Bonchev–Trinajstić information content (AvgIpc) is 3.21. The van der Waals surface area contributed by atoms with Crippen molar-refractivity contribution in [3.8, 4) is 22.8 Å². The van der Waals surface area contributed by atoms with Gasteiger partial charge in [0.1, 0.15) is 35.4 Å². The Labute approximate surface area is 173 Å². The first-order valence-corrected chi connectivity index (χ1v) is 9.94. The number of aromatic nitrogens is 1. The van der Waals surface area contributed by atoms with Gasteiger partial charge in [0.15, 0.2) is 0 Å². The van der Waals surface area contributed by atoms with Gasteiger partial charge in [0, 0.05) is 24.1 Å². The molecule has 3 aromatic rings. The highest BCUT2D eigenvalue weighted by Crippen LogP contribution is 2.34. The van der Waals surface area contributed by atoms with Gasteiger partial charge in [0.25, 0.3) is 0 Å². The second-order valence-corrected chi connectivity index (χ2v) is 7.64. The van der Waals surface area contributed by atoms with E-state index in [9.17, 15) is 9.18 Å². The Balaban J connectivity index is 1.36. The molecule has 1 amide bonds. The molecule has 2 aromatic carbocycles. The highest BCUT2D eigenvalue weighted by Gasteiger charge is 2.33. The van der Waals surface area contributed by atoms with E-state index in [0.29, 0.717) is 43.8 Å². The lowest BCUT2D eigenvalue weighted by Gasteiger charge is -2.32. The van der Waals surface area contributed by atoms with Crippen LogP contribution in [-0.2, 0) is 24.2 Å². The summed E-state index contributed by atoms with van der Waals surface area (Å²) in [6.45, 7) is 1.30. The van der Waals surface area contributed by atoms with E-state index in [4.69, 9.17) is 14.0 Å². The van der Waals surface area contributed by atoms with Gasteiger partial charge >= 0.3 is 0 Å². The Hall–Kier alpha value is -3.35. The van der Waals surface area contributed by atoms with E-state index < -0.39 is 0 Å².